The van der Waals surface area contributed by atoms with Gasteiger partial charge in [-0.1, -0.05) is 5.16 Å². The highest BCUT2D eigenvalue weighted by atomic mass is 16.5. The first kappa shape index (κ1) is 13.7. The molecule has 0 fully saturated rings. The molecule has 21 heavy (non-hydrogen) atoms. The molecule has 9 heteroatoms. The highest BCUT2D eigenvalue weighted by Crippen LogP contribution is 2.17. The van der Waals surface area contributed by atoms with Gasteiger partial charge in [-0.15, -0.1) is 0 Å². The molecule has 0 saturated heterocycles. The number of rotatable bonds is 5. The molecule has 1 unspecified atom stereocenters. The third kappa shape index (κ3) is 3.07. The lowest BCUT2D eigenvalue weighted by molar-refractivity contribution is -0.126. The van der Waals surface area contributed by atoms with E-state index in [1.165, 1.54) is 6.33 Å². The van der Waals surface area contributed by atoms with Gasteiger partial charge in [-0.2, -0.15) is 10.1 Å². The molecule has 1 aliphatic rings. The molecule has 0 spiro atoms. The van der Waals surface area contributed by atoms with E-state index in [-0.39, 0.29) is 25.0 Å². The van der Waals surface area contributed by atoms with Crippen LogP contribution in [0, 0.1) is 5.92 Å². The van der Waals surface area contributed by atoms with Crippen molar-refractivity contribution in [3.05, 3.63) is 23.9 Å². The normalized spacial score (nSPS) is 17.5. The molecule has 0 bridgehead atoms. The quantitative estimate of drug-likeness (QED) is 0.805. The van der Waals surface area contributed by atoms with Gasteiger partial charge in [-0.3, -0.25) is 4.79 Å². The van der Waals surface area contributed by atoms with E-state index >= 15 is 0 Å². The van der Waals surface area contributed by atoms with E-state index in [2.05, 4.69) is 25.5 Å². The fourth-order valence-electron chi connectivity index (χ4n) is 2.31. The topological polar surface area (TPSA) is 108 Å². The Labute approximate surface area is 120 Å². The molecule has 1 atom stereocenters. The van der Waals surface area contributed by atoms with Crippen LogP contribution in [0.2, 0.25) is 0 Å². The summed E-state index contributed by atoms with van der Waals surface area (Å²) < 4.78 is 11.7. The van der Waals surface area contributed by atoms with E-state index in [0.29, 0.717) is 18.3 Å². The van der Waals surface area contributed by atoms with Crippen LogP contribution in [0.1, 0.15) is 24.0 Å². The summed E-state index contributed by atoms with van der Waals surface area (Å²) in [5, 5.41) is 10.6. The maximum Gasteiger partial charge on any atom is 0.246 e. The van der Waals surface area contributed by atoms with Crippen LogP contribution >= 0.6 is 0 Å². The van der Waals surface area contributed by atoms with Gasteiger partial charge in [0.2, 0.25) is 11.8 Å². The predicted octanol–water partition coefficient (Wildman–Crippen LogP) is -0.314. The number of carbonyl (C=O) groups is 1. The first-order valence-electron chi connectivity index (χ1n) is 6.71. The largest absolute Gasteiger partial charge is 0.377 e. The average molecular weight is 292 g/mol. The van der Waals surface area contributed by atoms with E-state index < -0.39 is 0 Å². The van der Waals surface area contributed by atoms with Crippen LogP contribution in [-0.2, 0) is 35.6 Å². The zero-order valence-corrected chi connectivity index (χ0v) is 11.7. The molecule has 3 heterocycles. The van der Waals surface area contributed by atoms with Gasteiger partial charge in [-0.05, 0) is 6.42 Å². The third-order valence-corrected chi connectivity index (χ3v) is 3.37. The average Bonchev–Trinajstić information content (AvgIpc) is 3.13. The first-order chi connectivity index (χ1) is 10.3. The number of carbonyl (C=O) groups excluding carboxylic acids is 1. The number of aromatic nitrogens is 5. The minimum Gasteiger partial charge on any atom is -0.377 e. The molecular formula is C12H16N6O3. The fraction of sp³-hybridized carbons (Fsp3) is 0.583. The van der Waals surface area contributed by atoms with E-state index in [0.717, 1.165) is 18.7 Å². The van der Waals surface area contributed by atoms with Crippen LogP contribution < -0.4 is 5.32 Å². The number of nitrogens with one attached hydrogen (secondary N) is 1. The Morgan fingerprint density at radius 3 is 3.38 bits per heavy atom. The number of ether oxygens (including phenoxy) is 1. The van der Waals surface area contributed by atoms with Crippen LogP contribution in [0.4, 0.5) is 0 Å². The summed E-state index contributed by atoms with van der Waals surface area (Å²) in [6, 6.07) is 0. The smallest absolute Gasteiger partial charge is 0.246 e. The van der Waals surface area contributed by atoms with Gasteiger partial charge < -0.3 is 14.6 Å². The summed E-state index contributed by atoms with van der Waals surface area (Å²) in [5.41, 5.74) is 0. The number of amides is 1. The minimum atomic E-state index is -0.111. The van der Waals surface area contributed by atoms with Crippen LogP contribution in [0.15, 0.2) is 10.9 Å². The molecule has 1 aliphatic heterocycles. The van der Waals surface area contributed by atoms with E-state index in [1.54, 1.807) is 11.8 Å². The summed E-state index contributed by atoms with van der Waals surface area (Å²) >= 11 is 0. The highest BCUT2D eigenvalue weighted by Gasteiger charge is 2.25. The van der Waals surface area contributed by atoms with Gasteiger partial charge >= 0.3 is 0 Å². The van der Waals surface area contributed by atoms with Gasteiger partial charge in [0.05, 0.1) is 19.0 Å². The van der Waals surface area contributed by atoms with Gasteiger partial charge in [0.15, 0.2) is 5.82 Å². The molecule has 0 radical (unpaired) electrons. The molecule has 3 rings (SSSR count). The van der Waals surface area contributed by atoms with Crippen LogP contribution in [-0.4, -0.2) is 37.9 Å². The predicted molar refractivity (Wildman–Crippen MR) is 68.7 cm³/mol. The first-order valence-corrected chi connectivity index (χ1v) is 6.71. The van der Waals surface area contributed by atoms with Gasteiger partial charge in [0.1, 0.15) is 18.8 Å². The van der Waals surface area contributed by atoms with Crippen molar-refractivity contribution in [1.29, 1.82) is 0 Å². The van der Waals surface area contributed by atoms with Crippen LogP contribution in [0.25, 0.3) is 0 Å². The molecule has 0 aromatic carbocycles. The van der Waals surface area contributed by atoms with Gasteiger partial charge in [0.25, 0.3) is 0 Å². The highest BCUT2D eigenvalue weighted by molar-refractivity contribution is 5.78. The number of aryl methyl sites for hydroxylation is 1. The van der Waals surface area contributed by atoms with Crippen molar-refractivity contribution >= 4 is 5.91 Å². The van der Waals surface area contributed by atoms with E-state index in [4.69, 9.17) is 9.26 Å². The second kappa shape index (κ2) is 6.00. The van der Waals surface area contributed by atoms with Crippen molar-refractivity contribution < 1.29 is 14.1 Å². The second-order valence-corrected chi connectivity index (χ2v) is 4.85. The summed E-state index contributed by atoms with van der Waals surface area (Å²) in [5.74, 6) is 1.61. The molecule has 0 saturated carbocycles. The Balaban J connectivity index is 1.52. The SMILES string of the molecule is COCc1noc(CNC(=O)C2CCc3ncnn3C2)n1. The van der Waals surface area contributed by atoms with Crippen molar-refractivity contribution in [1.82, 2.24) is 30.2 Å². The Morgan fingerprint density at radius 1 is 1.62 bits per heavy atom. The van der Waals surface area contributed by atoms with E-state index in [1.807, 2.05) is 0 Å². The number of nitrogens with zero attached hydrogens (tertiary/aromatic N) is 5. The van der Waals surface area contributed by atoms with Crippen molar-refractivity contribution in [3.8, 4) is 0 Å². The molecular weight excluding hydrogens is 276 g/mol. The van der Waals surface area contributed by atoms with Crippen molar-refractivity contribution in [3.63, 3.8) is 0 Å². The fourth-order valence-corrected chi connectivity index (χ4v) is 2.31. The maximum atomic E-state index is 12.1. The van der Waals surface area contributed by atoms with Crippen molar-refractivity contribution in [2.75, 3.05) is 7.11 Å². The molecule has 1 amide bonds. The Bertz CT molecular complexity index is 622. The van der Waals surface area contributed by atoms with Crippen LogP contribution in [0.3, 0.4) is 0 Å². The molecule has 2 aromatic heterocycles. The lowest BCUT2D eigenvalue weighted by atomic mass is 9.99. The summed E-state index contributed by atoms with van der Waals surface area (Å²) in [4.78, 5) is 20.4. The summed E-state index contributed by atoms with van der Waals surface area (Å²) in [7, 11) is 1.55. The maximum absolute atomic E-state index is 12.1. The second-order valence-electron chi connectivity index (χ2n) is 4.85. The van der Waals surface area contributed by atoms with Crippen molar-refractivity contribution in [2.24, 2.45) is 5.92 Å². The molecule has 0 aliphatic carbocycles. The molecule has 1 N–H and O–H groups in total. The van der Waals surface area contributed by atoms with Gasteiger partial charge in [0, 0.05) is 13.5 Å². The van der Waals surface area contributed by atoms with E-state index in [9.17, 15) is 4.79 Å². The lowest BCUT2D eigenvalue weighted by Gasteiger charge is -2.21. The number of methoxy groups -OCH3 is 1. The monoisotopic (exact) mass is 292 g/mol. The standard InChI is InChI=1S/C12H16N6O3/c1-20-6-9-16-11(21-17-9)4-13-12(19)8-2-3-10-14-7-15-18(10)5-8/h7-8H,2-6H2,1H3,(H,13,19). The Kier molecular flexibility index (Phi) is 3.91. The molecule has 112 valence electrons. The zero-order chi connectivity index (χ0) is 14.7. The summed E-state index contributed by atoms with van der Waals surface area (Å²) in [6.07, 6.45) is 3.05. The minimum absolute atomic E-state index is 0.0392. The number of fused-ring (bicyclic) bond motifs is 1. The molecule has 2 aromatic rings. The molecule has 9 nitrogen and oxygen atoms in total. The Morgan fingerprint density at radius 2 is 2.52 bits per heavy atom. The Hall–Kier alpha value is -2.29. The van der Waals surface area contributed by atoms with Crippen LogP contribution in [0.5, 0.6) is 0 Å². The third-order valence-electron chi connectivity index (χ3n) is 3.37. The summed E-state index contributed by atoms with van der Waals surface area (Å²) in [6.45, 7) is 1.06. The number of hydrogen-bond donors (Lipinski definition) is 1. The number of hydrogen-bond acceptors (Lipinski definition) is 7. The lowest BCUT2D eigenvalue weighted by Crippen LogP contribution is -2.36. The zero-order valence-electron chi connectivity index (χ0n) is 11.7. The van der Waals surface area contributed by atoms with Gasteiger partial charge in [-0.25, -0.2) is 9.67 Å². The van der Waals surface area contributed by atoms with Crippen molar-refractivity contribution in [2.45, 2.75) is 32.5 Å².